The third-order valence-corrected chi connectivity index (χ3v) is 4.50. The minimum atomic E-state index is 0.437. The summed E-state index contributed by atoms with van der Waals surface area (Å²) in [5.41, 5.74) is 5.94. The van der Waals surface area contributed by atoms with Crippen LogP contribution in [-0.4, -0.2) is 6.21 Å². The fourth-order valence-corrected chi connectivity index (χ4v) is 2.71. The molecule has 0 radical (unpaired) electrons. The molecule has 0 atom stereocenters. The Bertz CT molecular complexity index is 879. The summed E-state index contributed by atoms with van der Waals surface area (Å²) in [5.74, 6) is 0.783. The summed E-state index contributed by atoms with van der Waals surface area (Å²) >= 11 is 12.2. The van der Waals surface area contributed by atoms with Crippen LogP contribution in [0.5, 0.6) is 5.75 Å². The number of nitrogens with zero attached hydrogens (tertiary/aromatic N) is 1. The molecule has 0 aromatic heterocycles. The molecule has 5 heteroatoms. The molecule has 0 fully saturated rings. The summed E-state index contributed by atoms with van der Waals surface area (Å²) in [6.45, 7) is 1.02. The lowest BCUT2D eigenvalue weighted by Gasteiger charge is -2.08. The number of hydrogen-bond donors (Lipinski definition) is 1. The first-order valence-electron chi connectivity index (χ1n) is 8.18. The van der Waals surface area contributed by atoms with E-state index in [-0.39, 0.29) is 0 Å². The van der Waals surface area contributed by atoms with Crippen LogP contribution in [0.15, 0.2) is 77.9 Å². The summed E-state index contributed by atoms with van der Waals surface area (Å²) in [6, 6.07) is 23.1. The molecule has 132 valence electrons. The Hall–Kier alpha value is -2.49. The second-order valence-corrected chi connectivity index (χ2v) is 6.45. The van der Waals surface area contributed by atoms with Crippen molar-refractivity contribution < 1.29 is 4.74 Å². The molecule has 0 amide bonds. The number of benzene rings is 3. The summed E-state index contributed by atoms with van der Waals surface area (Å²) in [6.07, 6.45) is 1.76. The highest BCUT2D eigenvalue weighted by molar-refractivity contribution is 6.31. The highest BCUT2D eigenvalue weighted by atomic mass is 35.5. The first kappa shape index (κ1) is 18.3. The Morgan fingerprint density at radius 2 is 1.42 bits per heavy atom. The molecular weight excluding hydrogens is 367 g/mol. The maximum absolute atomic E-state index is 6.13. The molecular formula is C21H18Cl2N2O. The molecule has 1 N–H and O–H groups in total. The molecule has 0 spiro atoms. The maximum atomic E-state index is 6.13. The van der Waals surface area contributed by atoms with E-state index >= 15 is 0 Å². The molecule has 3 aromatic rings. The summed E-state index contributed by atoms with van der Waals surface area (Å²) in [4.78, 5) is 0. The highest BCUT2D eigenvalue weighted by Gasteiger charge is 2.00. The molecule has 3 rings (SSSR count). The summed E-state index contributed by atoms with van der Waals surface area (Å²) in [5, 5.41) is 5.66. The van der Waals surface area contributed by atoms with E-state index in [1.165, 1.54) is 0 Å². The first-order valence-corrected chi connectivity index (χ1v) is 8.93. The van der Waals surface area contributed by atoms with Crippen molar-refractivity contribution in [3.63, 3.8) is 0 Å². The SMILES string of the molecule is Clc1ccccc1CN/N=C\c1ccc(OCc2ccccc2Cl)cc1. The topological polar surface area (TPSA) is 33.6 Å². The van der Waals surface area contributed by atoms with Crippen LogP contribution in [0.25, 0.3) is 0 Å². The summed E-state index contributed by atoms with van der Waals surface area (Å²) in [7, 11) is 0. The average molecular weight is 385 g/mol. The van der Waals surface area contributed by atoms with Gasteiger partial charge in [-0.1, -0.05) is 59.6 Å². The van der Waals surface area contributed by atoms with E-state index in [4.69, 9.17) is 27.9 Å². The van der Waals surface area contributed by atoms with E-state index in [1.54, 1.807) is 6.21 Å². The van der Waals surface area contributed by atoms with Crippen LogP contribution >= 0.6 is 23.2 Å². The minimum Gasteiger partial charge on any atom is -0.489 e. The van der Waals surface area contributed by atoms with Crippen molar-refractivity contribution in [2.75, 3.05) is 0 Å². The van der Waals surface area contributed by atoms with Crippen molar-refractivity contribution in [2.45, 2.75) is 13.2 Å². The van der Waals surface area contributed by atoms with E-state index in [0.29, 0.717) is 18.2 Å². The number of halogens is 2. The molecule has 0 saturated heterocycles. The van der Waals surface area contributed by atoms with Crippen molar-refractivity contribution in [1.29, 1.82) is 0 Å². The van der Waals surface area contributed by atoms with Gasteiger partial charge in [0.2, 0.25) is 0 Å². The van der Waals surface area contributed by atoms with Crippen LogP contribution in [-0.2, 0) is 13.2 Å². The Kier molecular flexibility index (Phi) is 6.53. The number of hydrazone groups is 1. The Morgan fingerprint density at radius 3 is 2.08 bits per heavy atom. The van der Waals surface area contributed by atoms with Gasteiger partial charge in [-0.25, -0.2) is 0 Å². The van der Waals surface area contributed by atoms with Crippen LogP contribution in [0.4, 0.5) is 0 Å². The third-order valence-electron chi connectivity index (χ3n) is 3.76. The average Bonchev–Trinajstić information content (AvgIpc) is 2.67. The van der Waals surface area contributed by atoms with Gasteiger partial charge in [-0.05, 0) is 47.5 Å². The Labute approximate surface area is 163 Å². The van der Waals surface area contributed by atoms with E-state index in [2.05, 4.69) is 10.5 Å². The second kappa shape index (κ2) is 9.27. The van der Waals surface area contributed by atoms with Crippen LogP contribution in [0.3, 0.4) is 0 Å². The first-order chi connectivity index (χ1) is 12.7. The molecule has 0 aliphatic rings. The monoisotopic (exact) mass is 384 g/mol. The van der Waals surface area contributed by atoms with Crippen LogP contribution < -0.4 is 10.2 Å². The van der Waals surface area contributed by atoms with Gasteiger partial charge < -0.3 is 10.2 Å². The van der Waals surface area contributed by atoms with Gasteiger partial charge >= 0.3 is 0 Å². The van der Waals surface area contributed by atoms with Gasteiger partial charge in [0, 0.05) is 15.6 Å². The van der Waals surface area contributed by atoms with Gasteiger partial charge in [-0.3, -0.25) is 0 Å². The standard InChI is InChI=1S/C21H18Cl2N2O/c22-20-7-3-1-5-17(20)14-25-24-13-16-9-11-19(12-10-16)26-15-18-6-2-4-8-21(18)23/h1-13,25H,14-15H2/b24-13-. The lowest BCUT2D eigenvalue weighted by atomic mass is 10.2. The Morgan fingerprint density at radius 1 is 0.808 bits per heavy atom. The van der Waals surface area contributed by atoms with Crippen molar-refractivity contribution >= 4 is 29.4 Å². The van der Waals surface area contributed by atoms with Crippen LogP contribution in [0.2, 0.25) is 10.0 Å². The van der Waals surface area contributed by atoms with Gasteiger partial charge in [0.15, 0.2) is 0 Å². The van der Waals surface area contributed by atoms with E-state index < -0.39 is 0 Å². The van der Waals surface area contributed by atoms with Crippen molar-refractivity contribution in [3.8, 4) is 5.75 Å². The van der Waals surface area contributed by atoms with Crippen molar-refractivity contribution in [1.82, 2.24) is 5.43 Å². The molecule has 26 heavy (non-hydrogen) atoms. The van der Waals surface area contributed by atoms with Gasteiger partial charge in [0.1, 0.15) is 12.4 Å². The lowest BCUT2D eigenvalue weighted by molar-refractivity contribution is 0.306. The predicted molar refractivity (Wildman–Crippen MR) is 108 cm³/mol. The number of hydrogen-bond acceptors (Lipinski definition) is 3. The molecule has 0 unspecified atom stereocenters. The lowest BCUT2D eigenvalue weighted by Crippen LogP contribution is -2.05. The number of rotatable bonds is 7. The second-order valence-electron chi connectivity index (χ2n) is 5.63. The number of nitrogens with one attached hydrogen (secondary N) is 1. The fourth-order valence-electron chi connectivity index (χ4n) is 2.32. The smallest absolute Gasteiger partial charge is 0.119 e. The van der Waals surface area contributed by atoms with Crippen molar-refractivity contribution in [3.05, 3.63) is 99.5 Å². The largest absolute Gasteiger partial charge is 0.489 e. The van der Waals surface area contributed by atoms with Gasteiger partial charge in [-0.2, -0.15) is 5.10 Å². The molecule has 0 heterocycles. The maximum Gasteiger partial charge on any atom is 0.119 e. The minimum absolute atomic E-state index is 0.437. The highest BCUT2D eigenvalue weighted by Crippen LogP contribution is 2.19. The number of ether oxygens (including phenoxy) is 1. The van der Waals surface area contributed by atoms with Crippen LogP contribution in [0, 0.1) is 0 Å². The van der Waals surface area contributed by atoms with Gasteiger partial charge in [0.05, 0.1) is 12.8 Å². The van der Waals surface area contributed by atoms with E-state index in [0.717, 1.165) is 27.5 Å². The normalized spacial score (nSPS) is 10.8. The quantitative estimate of drug-likeness (QED) is 0.418. The molecule has 0 saturated carbocycles. The zero-order valence-corrected chi connectivity index (χ0v) is 15.5. The van der Waals surface area contributed by atoms with Crippen LogP contribution in [0.1, 0.15) is 16.7 Å². The zero-order chi connectivity index (χ0) is 18.2. The Balaban J connectivity index is 1.49. The molecule has 3 aromatic carbocycles. The van der Waals surface area contributed by atoms with E-state index in [9.17, 15) is 0 Å². The third kappa shape index (κ3) is 5.25. The van der Waals surface area contributed by atoms with Crippen molar-refractivity contribution in [2.24, 2.45) is 5.10 Å². The fraction of sp³-hybridized carbons (Fsp3) is 0.0952. The molecule has 0 aliphatic carbocycles. The predicted octanol–water partition coefficient (Wildman–Crippen LogP) is 5.70. The molecule has 0 aliphatic heterocycles. The molecule has 3 nitrogen and oxygen atoms in total. The van der Waals surface area contributed by atoms with E-state index in [1.807, 2.05) is 72.8 Å². The van der Waals surface area contributed by atoms with Gasteiger partial charge in [-0.15, -0.1) is 0 Å². The molecule has 0 bridgehead atoms. The zero-order valence-electron chi connectivity index (χ0n) is 14.0. The van der Waals surface area contributed by atoms with Gasteiger partial charge in [0.25, 0.3) is 0 Å². The summed E-state index contributed by atoms with van der Waals surface area (Å²) < 4.78 is 5.77.